The van der Waals surface area contributed by atoms with Crippen LogP contribution in [-0.4, -0.2) is 64.1 Å². The summed E-state index contributed by atoms with van der Waals surface area (Å²) in [4.78, 5) is 13.9. The number of hydrogen-bond donors (Lipinski definition) is 3. The van der Waals surface area contributed by atoms with Crippen molar-refractivity contribution < 1.29 is 27.8 Å². The van der Waals surface area contributed by atoms with Crippen LogP contribution in [0.4, 0.5) is 5.69 Å². The summed E-state index contributed by atoms with van der Waals surface area (Å²) in [6.07, 6.45) is 3.35. The second kappa shape index (κ2) is 15.1. The number of carbonyl (C=O) groups excluding carboxylic acids is 1. The van der Waals surface area contributed by atoms with E-state index in [2.05, 4.69) is 48.7 Å². The van der Waals surface area contributed by atoms with E-state index in [-0.39, 0.29) is 23.4 Å². The van der Waals surface area contributed by atoms with Gasteiger partial charge < -0.3 is 25.2 Å². The maximum atomic E-state index is 13.9. The summed E-state index contributed by atoms with van der Waals surface area (Å²) >= 11 is 0. The second-order valence-electron chi connectivity index (χ2n) is 13.1. The van der Waals surface area contributed by atoms with Crippen LogP contribution >= 0.6 is 0 Å². The number of nitrogens with zero attached hydrogens (tertiary/aromatic N) is 1. The van der Waals surface area contributed by atoms with Crippen molar-refractivity contribution in [3.05, 3.63) is 89.0 Å². The lowest BCUT2D eigenvalue weighted by molar-refractivity contribution is 0.0821. The number of aliphatic hydroxyl groups excluding tert-OH is 1. The van der Waals surface area contributed by atoms with Crippen LogP contribution in [0.2, 0.25) is 0 Å². The third-order valence-electron chi connectivity index (χ3n) is 9.11. The number of carbonyl (C=O) groups is 1. The van der Waals surface area contributed by atoms with Crippen molar-refractivity contribution in [3.63, 3.8) is 0 Å². The van der Waals surface area contributed by atoms with Crippen molar-refractivity contribution in [3.8, 4) is 11.5 Å². The van der Waals surface area contributed by atoms with Gasteiger partial charge in [-0.25, -0.2) is 8.42 Å². The van der Waals surface area contributed by atoms with E-state index in [4.69, 9.17) is 9.47 Å². The lowest BCUT2D eigenvalue weighted by Crippen LogP contribution is -2.50. The molecule has 4 bridgehead atoms. The molecule has 1 aliphatic heterocycles. The minimum atomic E-state index is -3.59. The highest BCUT2D eigenvalue weighted by Crippen LogP contribution is 2.46. The molecule has 1 aliphatic carbocycles. The molecule has 0 spiro atoms. The van der Waals surface area contributed by atoms with Gasteiger partial charge in [0.05, 0.1) is 36.8 Å². The Morgan fingerprint density at radius 1 is 1.00 bits per heavy atom. The third-order valence-corrected chi connectivity index (χ3v) is 11.1. The van der Waals surface area contributed by atoms with E-state index in [1.54, 1.807) is 18.2 Å². The van der Waals surface area contributed by atoms with E-state index in [0.29, 0.717) is 43.4 Å². The zero-order valence-corrected chi connectivity index (χ0v) is 28.8. The molecule has 2 aliphatic rings. The number of aliphatic hydroxyl groups is 1. The first kappa shape index (κ1) is 34.7. The van der Waals surface area contributed by atoms with E-state index < -0.39 is 28.1 Å². The topological polar surface area (TPSA) is 117 Å². The first-order valence-electron chi connectivity index (χ1n) is 16.8. The molecule has 1 fully saturated rings. The van der Waals surface area contributed by atoms with Gasteiger partial charge in [0.25, 0.3) is 5.91 Å². The van der Waals surface area contributed by atoms with E-state index in [1.807, 2.05) is 31.2 Å². The van der Waals surface area contributed by atoms with E-state index in [0.717, 1.165) is 37.0 Å². The Hall–Kier alpha value is -3.60. The lowest BCUT2D eigenvalue weighted by atomic mass is 9.95. The SMILES string of the molecule is CCCS(=O)(=O)N(C)c1cc2cc(c1)C(=O)N[C@H]([C@H](O)CNC1(c3cccc(C(C)C)c3)CC1)Cc1cccc(c1)OCCCCO2. The Bertz CT molecular complexity index is 1640. The highest BCUT2D eigenvalue weighted by atomic mass is 32.2. The van der Waals surface area contributed by atoms with Gasteiger partial charge in [-0.05, 0) is 85.4 Å². The van der Waals surface area contributed by atoms with Crippen LogP contribution in [0.5, 0.6) is 11.5 Å². The van der Waals surface area contributed by atoms with Crippen molar-refractivity contribution in [2.45, 2.75) is 82.9 Å². The highest BCUT2D eigenvalue weighted by molar-refractivity contribution is 7.92. The highest BCUT2D eigenvalue weighted by Gasteiger charge is 2.44. The monoisotopic (exact) mass is 663 g/mol. The molecular formula is C37H49N3O6S. The minimum Gasteiger partial charge on any atom is -0.494 e. The molecule has 3 aromatic carbocycles. The summed E-state index contributed by atoms with van der Waals surface area (Å²) in [6, 6.07) is 20.6. The number of nitrogens with one attached hydrogen (secondary N) is 2. The summed E-state index contributed by atoms with van der Waals surface area (Å²) in [7, 11) is -2.10. The summed E-state index contributed by atoms with van der Waals surface area (Å²) in [5.74, 6) is 1.12. The second-order valence-corrected chi connectivity index (χ2v) is 15.3. The van der Waals surface area contributed by atoms with E-state index in [9.17, 15) is 18.3 Å². The molecule has 1 saturated carbocycles. The average Bonchev–Trinajstić information content (AvgIpc) is 3.85. The van der Waals surface area contributed by atoms with Gasteiger partial charge >= 0.3 is 0 Å². The zero-order chi connectivity index (χ0) is 33.6. The number of sulfonamides is 1. The van der Waals surface area contributed by atoms with Gasteiger partial charge in [0.2, 0.25) is 10.0 Å². The fraction of sp³-hybridized carbons (Fsp3) is 0.486. The van der Waals surface area contributed by atoms with Crippen molar-refractivity contribution in [2.75, 3.05) is 36.9 Å². The number of ether oxygens (including phenoxy) is 2. The van der Waals surface area contributed by atoms with Crippen LogP contribution in [0, 0.1) is 0 Å². The predicted molar refractivity (Wildman–Crippen MR) is 186 cm³/mol. The molecule has 3 aromatic rings. The number of hydrogen-bond acceptors (Lipinski definition) is 7. The van der Waals surface area contributed by atoms with Crippen LogP contribution in [0.15, 0.2) is 66.7 Å². The quantitative estimate of drug-likeness (QED) is 0.262. The Morgan fingerprint density at radius 3 is 2.43 bits per heavy atom. The Labute approximate surface area is 279 Å². The summed E-state index contributed by atoms with van der Waals surface area (Å²) in [5, 5.41) is 18.4. The van der Waals surface area contributed by atoms with Crippen LogP contribution in [0.1, 0.15) is 85.8 Å². The van der Waals surface area contributed by atoms with Crippen LogP contribution < -0.4 is 24.4 Å². The molecule has 254 valence electrons. The molecule has 9 nitrogen and oxygen atoms in total. The minimum absolute atomic E-state index is 0.0142. The van der Waals surface area contributed by atoms with Crippen LogP contribution in [0.25, 0.3) is 0 Å². The first-order chi connectivity index (χ1) is 22.5. The van der Waals surface area contributed by atoms with Gasteiger partial charge in [0.1, 0.15) is 11.5 Å². The van der Waals surface area contributed by atoms with Crippen molar-refractivity contribution >= 4 is 21.6 Å². The van der Waals surface area contributed by atoms with Crippen LogP contribution in [0.3, 0.4) is 0 Å². The van der Waals surface area contributed by atoms with Gasteiger partial charge in [0, 0.05) is 30.8 Å². The predicted octanol–water partition coefficient (Wildman–Crippen LogP) is 5.52. The molecule has 0 aromatic heterocycles. The van der Waals surface area contributed by atoms with Gasteiger partial charge in [0.15, 0.2) is 0 Å². The molecule has 0 saturated heterocycles. The molecule has 1 amide bonds. The molecule has 47 heavy (non-hydrogen) atoms. The van der Waals surface area contributed by atoms with Gasteiger partial charge in [-0.2, -0.15) is 0 Å². The average molecular weight is 664 g/mol. The van der Waals surface area contributed by atoms with Gasteiger partial charge in [-0.15, -0.1) is 0 Å². The maximum absolute atomic E-state index is 13.9. The smallest absolute Gasteiger partial charge is 0.251 e. The number of amides is 1. The Morgan fingerprint density at radius 2 is 1.72 bits per heavy atom. The maximum Gasteiger partial charge on any atom is 0.251 e. The zero-order valence-electron chi connectivity index (χ0n) is 28.0. The summed E-state index contributed by atoms with van der Waals surface area (Å²) < 4.78 is 39.1. The van der Waals surface area contributed by atoms with Crippen molar-refractivity contribution in [2.24, 2.45) is 0 Å². The first-order valence-corrected chi connectivity index (χ1v) is 18.4. The van der Waals surface area contributed by atoms with Crippen molar-refractivity contribution in [1.82, 2.24) is 10.6 Å². The molecular weight excluding hydrogens is 614 g/mol. The van der Waals surface area contributed by atoms with Gasteiger partial charge in [-0.3, -0.25) is 9.10 Å². The standard InChI is InChI=1S/C37H49N3O6S/c1-5-18-47(43,44)40(4)31-22-29-23-33(24-31)46-17-7-6-16-45-32-13-8-10-27(19-32)20-34(39-36(29)42)35(41)25-38-37(14-15-37)30-12-9-11-28(21-30)26(2)3/h8-13,19,21-24,26,34-35,38,41H,5-7,14-18,20,25H2,1-4H3,(H,39,42)/t34-,35+/m0/s1. The Balaban J connectivity index is 1.42. The fourth-order valence-electron chi connectivity index (χ4n) is 6.00. The van der Waals surface area contributed by atoms with E-state index >= 15 is 0 Å². The summed E-state index contributed by atoms with van der Waals surface area (Å²) in [5.41, 5.74) is 3.83. The number of benzene rings is 3. The molecule has 5 rings (SSSR count). The lowest BCUT2D eigenvalue weighted by Gasteiger charge is -2.28. The molecule has 0 unspecified atom stereocenters. The normalized spacial score (nSPS) is 18.9. The number of anilines is 1. The fourth-order valence-corrected chi connectivity index (χ4v) is 7.22. The molecule has 0 radical (unpaired) electrons. The Kier molecular flexibility index (Phi) is 11.1. The van der Waals surface area contributed by atoms with Crippen LogP contribution in [-0.2, 0) is 22.0 Å². The number of fused-ring (bicyclic) bond motifs is 4. The van der Waals surface area contributed by atoms with E-state index in [1.165, 1.54) is 22.5 Å². The molecule has 10 heteroatoms. The summed E-state index contributed by atoms with van der Waals surface area (Å²) in [6.45, 7) is 7.35. The third kappa shape index (κ3) is 8.86. The molecule has 1 heterocycles. The largest absolute Gasteiger partial charge is 0.494 e. The molecule has 3 N–H and O–H groups in total. The van der Waals surface area contributed by atoms with Gasteiger partial charge in [-0.1, -0.05) is 57.2 Å². The van der Waals surface area contributed by atoms with Crippen molar-refractivity contribution in [1.29, 1.82) is 0 Å². The molecule has 2 atom stereocenters. The number of rotatable bonds is 10.